The van der Waals surface area contributed by atoms with Gasteiger partial charge in [0, 0.05) is 27.1 Å². The van der Waals surface area contributed by atoms with Crippen molar-refractivity contribution in [3.05, 3.63) is 62.5 Å². The highest BCUT2D eigenvalue weighted by Gasteiger charge is 2.09. The number of aromatic hydroxyl groups is 1. The summed E-state index contributed by atoms with van der Waals surface area (Å²) in [5, 5.41) is 13.2. The molecule has 2 aromatic rings. The molecule has 2 aromatic carbocycles. The lowest BCUT2D eigenvalue weighted by Gasteiger charge is -2.16. The number of hydrogen-bond acceptors (Lipinski definition) is 2. The first-order valence-corrected chi connectivity index (χ1v) is 7.61. The second-order valence-electron chi connectivity index (χ2n) is 4.40. The van der Waals surface area contributed by atoms with Crippen LogP contribution in [-0.4, -0.2) is 5.11 Å². The molecule has 2 rings (SSSR count). The number of nitrogens with one attached hydrogen (secondary N) is 1. The summed E-state index contributed by atoms with van der Waals surface area (Å²) in [5.74, 6) is 0.315. The smallest absolute Gasteiger partial charge is 0.120 e. The first-order chi connectivity index (χ1) is 9.08. The molecule has 0 fully saturated rings. The summed E-state index contributed by atoms with van der Waals surface area (Å²) in [4.78, 5) is 0. The van der Waals surface area contributed by atoms with Gasteiger partial charge in [-0.15, -0.1) is 0 Å². The monoisotopic (exact) mass is 383 g/mol. The van der Waals surface area contributed by atoms with E-state index in [2.05, 4.69) is 50.2 Å². The first-order valence-electron chi connectivity index (χ1n) is 6.03. The minimum Gasteiger partial charge on any atom is -0.508 e. The average molecular weight is 385 g/mol. The lowest BCUT2D eigenvalue weighted by atomic mass is 10.1. The van der Waals surface area contributed by atoms with Crippen molar-refractivity contribution in [3.8, 4) is 5.75 Å². The van der Waals surface area contributed by atoms with Crippen LogP contribution in [-0.2, 0) is 6.54 Å². The molecule has 0 spiro atoms. The van der Waals surface area contributed by atoms with Crippen LogP contribution in [0.1, 0.15) is 24.1 Å². The van der Waals surface area contributed by atoms with E-state index in [1.165, 1.54) is 5.56 Å². The minimum absolute atomic E-state index is 0.203. The molecule has 0 radical (unpaired) electrons. The highest BCUT2D eigenvalue weighted by molar-refractivity contribution is 9.10. The Balaban J connectivity index is 2.06. The van der Waals surface area contributed by atoms with E-state index in [0.29, 0.717) is 12.3 Å². The second-order valence-corrected chi connectivity index (χ2v) is 6.17. The molecule has 0 heterocycles. The molecule has 1 unspecified atom stereocenters. The number of phenolic OH excluding ortho intramolecular Hbond substituents is 1. The van der Waals surface area contributed by atoms with Gasteiger partial charge >= 0.3 is 0 Å². The van der Waals surface area contributed by atoms with Crippen molar-refractivity contribution < 1.29 is 5.11 Å². The standard InChI is InChI=1S/C15H15Br2NO/c1-10(13-4-2-3-5-14(13)17)18-9-11-8-12(16)6-7-15(11)19/h2-8,10,18-19H,9H2,1H3. The van der Waals surface area contributed by atoms with E-state index >= 15 is 0 Å². The molecular weight excluding hydrogens is 370 g/mol. The molecular formula is C15H15Br2NO. The predicted molar refractivity (Wildman–Crippen MR) is 85.2 cm³/mol. The van der Waals surface area contributed by atoms with Crippen LogP contribution in [0.5, 0.6) is 5.75 Å². The summed E-state index contributed by atoms with van der Waals surface area (Å²) in [6.07, 6.45) is 0. The Morgan fingerprint density at radius 2 is 1.89 bits per heavy atom. The molecule has 0 bridgehead atoms. The van der Waals surface area contributed by atoms with Crippen LogP contribution in [0.3, 0.4) is 0 Å². The Morgan fingerprint density at radius 3 is 2.63 bits per heavy atom. The number of hydrogen-bond donors (Lipinski definition) is 2. The van der Waals surface area contributed by atoms with Crippen molar-refractivity contribution in [2.45, 2.75) is 19.5 Å². The molecule has 0 aliphatic rings. The van der Waals surface area contributed by atoms with Gasteiger partial charge in [-0.1, -0.05) is 50.1 Å². The van der Waals surface area contributed by atoms with Gasteiger partial charge in [-0.2, -0.15) is 0 Å². The zero-order valence-electron chi connectivity index (χ0n) is 10.5. The number of benzene rings is 2. The molecule has 4 heteroatoms. The van der Waals surface area contributed by atoms with E-state index in [1.54, 1.807) is 6.07 Å². The molecule has 0 aliphatic heterocycles. The fraction of sp³-hybridized carbons (Fsp3) is 0.200. The minimum atomic E-state index is 0.203. The quantitative estimate of drug-likeness (QED) is 0.795. The molecule has 2 N–H and O–H groups in total. The molecule has 0 saturated carbocycles. The molecule has 19 heavy (non-hydrogen) atoms. The van der Waals surface area contributed by atoms with Gasteiger partial charge in [0.15, 0.2) is 0 Å². The number of halogens is 2. The maximum Gasteiger partial charge on any atom is 0.120 e. The van der Waals surface area contributed by atoms with Crippen LogP contribution >= 0.6 is 31.9 Å². The largest absolute Gasteiger partial charge is 0.508 e. The van der Waals surface area contributed by atoms with Crippen LogP contribution < -0.4 is 5.32 Å². The van der Waals surface area contributed by atoms with Crippen LogP contribution in [0.25, 0.3) is 0 Å². The van der Waals surface area contributed by atoms with Gasteiger partial charge in [0.25, 0.3) is 0 Å². The maximum absolute atomic E-state index is 9.80. The molecule has 2 nitrogen and oxygen atoms in total. The normalized spacial score (nSPS) is 12.4. The second kappa shape index (κ2) is 6.55. The summed E-state index contributed by atoms with van der Waals surface area (Å²) in [6.45, 7) is 2.73. The van der Waals surface area contributed by atoms with Gasteiger partial charge in [-0.25, -0.2) is 0 Å². The maximum atomic E-state index is 9.80. The van der Waals surface area contributed by atoms with Crippen molar-refractivity contribution in [1.29, 1.82) is 0 Å². The predicted octanol–water partition coefficient (Wildman–Crippen LogP) is 4.77. The fourth-order valence-corrected chi connectivity index (χ4v) is 2.93. The Hall–Kier alpha value is -0.840. The van der Waals surface area contributed by atoms with Crippen molar-refractivity contribution in [2.75, 3.05) is 0 Å². The Morgan fingerprint density at radius 1 is 1.16 bits per heavy atom. The van der Waals surface area contributed by atoms with E-state index in [-0.39, 0.29) is 6.04 Å². The third kappa shape index (κ3) is 3.81. The van der Waals surface area contributed by atoms with E-state index in [9.17, 15) is 5.11 Å². The molecule has 0 saturated heterocycles. The fourth-order valence-electron chi connectivity index (χ4n) is 1.89. The van der Waals surface area contributed by atoms with Gasteiger partial charge in [0.05, 0.1) is 0 Å². The summed E-state index contributed by atoms with van der Waals surface area (Å²) >= 11 is 6.97. The number of rotatable bonds is 4. The van der Waals surface area contributed by atoms with Gasteiger partial charge < -0.3 is 10.4 Å². The van der Waals surface area contributed by atoms with Crippen molar-refractivity contribution in [1.82, 2.24) is 5.32 Å². The van der Waals surface area contributed by atoms with Crippen LogP contribution in [0.15, 0.2) is 51.4 Å². The Labute approximate surface area is 130 Å². The summed E-state index contributed by atoms with van der Waals surface area (Å²) in [5.41, 5.74) is 2.09. The number of phenols is 1. The van der Waals surface area contributed by atoms with Gasteiger partial charge in [0.2, 0.25) is 0 Å². The summed E-state index contributed by atoms with van der Waals surface area (Å²) < 4.78 is 2.06. The lowest BCUT2D eigenvalue weighted by molar-refractivity contribution is 0.460. The Kier molecular flexibility index (Phi) is 5.02. The highest BCUT2D eigenvalue weighted by atomic mass is 79.9. The molecule has 0 aromatic heterocycles. The van der Waals surface area contributed by atoms with Crippen LogP contribution in [0, 0.1) is 0 Å². The summed E-state index contributed by atoms with van der Waals surface area (Å²) in [6, 6.07) is 13.8. The third-order valence-corrected chi connectivity index (χ3v) is 4.23. The summed E-state index contributed by atoms with van der Waals surface area (Å²) in [7, 11) is 0. The molecule has 0 aliphatic carbocycles. The van der Waals surface area contributed by atoms with Crippen molar-refractivity contribution >= 4 is 31.9 Å². The zero-order chi connectivity index (χ0) is 13.8. The van der Waals surface area contributed by atoms with Crippen LogP contribution in [0.4, 0.5) is 0 Å². The van der Waals surface area contributed by atoms with E-state index < -0.39 is 0 Å². The topological polar surface area (TPSA) is 32.3 Å². The first kappa shape index (κ1) is 14.6. The van der Waals surface area contributed by atoms with E-state index in [4.69, 9.17) is 0 Å². The van der Waals surface area contributed by atoms with E-state index in [0.717, 1.165) is 14.5 Å². The van der Waals surface area contributed by atoms with Crippen molar-refractivity contribution in [3.63, 3.8) is 0 Å². The zero-order valence-corrected chi connectivity index (χ0v) is 13.7. The molecule has 100 valence electrons. The van der Waals surface area contributed by atoms with Gasteiger partial charge in [0.1, 0.15) is 5.75 Å². The van der Waals surface area contributed by atoms with Crippen LogP contribution in [0.2, 0.25) is 0 Å². The van der Waals surface area contributed by atoms with E-state index in [1.807, 2.05) is 30.3 Å². The average Bonchev–Trinajstić information content (AvgIpc) is 2.40. The lowest BCUT2D eigenvalue weighted by Crippen LogP contribution is -2.18. The third-order valence-electron chi connectivity index (χ3n) is 3.01. The van der Waals surface area contributed by atoms with Crippen molar-refractivity contribution in [2.24, 2.45) is 0 Å². The highest BCUT2D eigenvalue weighted by Crippen LogP contribution is 2.25. The SMILES string of the molecule is CC(NCc1cc(Br)ccc1O)c1ccccc1Br. The van der Waals surface area contributed by atoms with Gasteiger partial charge in [-0.3, -0.25) is 0 Å². The molecule has 0 amide bonds. The van der Waals surface area contributed by atoms with Gasteiger partial charge in [-0.05, 0) is 36.8 Å². The molecule has 1 atom stereocenters. The Bertz CT molecular complexity index is 572.